The van der Waals surface area contributed by atoms with Gasteiger partial charge in [-0.2, -0.15) is 8.42 Å². The van der Waals surface area contributed by atoms with Gasteiger partial charge in [-0.25, -0.2) is 0 Å². The molecule has 1 aromatic carbocycles. The Morgan fingerprint density at radius 1 is 1.17 bits per heavy atom. The van der Waals surface area contributed by atoms with Crippen LogP contribution in [0, 0.1) is 6.92 Å². The van der Waals surface area contributed by atoms with Gasteiger partial charge >= 0.3 is 0 Å². The number of unbranched alkanes of at least 4 members (excludes halogenated alkanes) is 2. The first-order valence-electron chi connectivity index (χ1n) is 6.45. The van der Waals surface area contributed by atoms with Crippen molar-refractivity contribution >= 4 is 10.1 Å². The summed E-state index contributed by atoms with van der Waals surface area (Å²) in [6, 6.07) is 6.73. The van der Waals surface area contributed by atoms with E-state index in [1.165, 1.54) is 0 Å². The molecule has 4 heteroatoms. The van der Waals surface area contributed by atoms with Gasteiger partial charge in [-0.15, -0.1) is 0 Å². The summed E-state index contributed by atoms with van der Waals surface area (Å²) in [5.41, 5.74) is 1.03. The van der Waals surface area contributed by atoms with Gasteiger partial charge < -0.3 is 0 Å². The summed E-state index contributed by atoms with van der Waals surface area (Å²) in [5.74, 6) is 0. The second-order valence-corrected chi connectivity index (χ2v) is 6.24. The van der Waals surface area contributed by atoms with Crippen LogP contribution in [-0.4, -0.2) is 14.5 Å². The summed E-state index contributed by atoms with van der Waals surface area (Å²) in [4.78, 5) is 0.232. The van der Waals surface area contributed by atoms with Crippen LogP contribution < -0.4 is 0 Å². The molecule has 0 bridgehead atoms. The van der Waals surface area contributed by atoms with Crippen LogP contribution in [0.15, 0.2) is 29.2 Å². The molecule has 18 heavy (non-hydrogen) atoms. The Hall–Kier alpha value is -0.870. The lowest BCUT2D eigenvalue weighted by molar-refractivity contribution is 0.214. The molecule has 0 aliphatic heterocycles. The molecule has 0 spiro atoms. The molecule has 0 saturated heterocycles. The van der Waals surface area contributed by atoms with E-state index < -0.39 is 10.1 Å². The minimum atomic E-state index is -3.61. The highest BCUT2D eigenvalue weighted by molar-refractivity contribution is 7.86. The third-order valence-corrected chi connectivity index (χ3v) is 4.25. The first-order valence-corrected chi connectivity index (χ1v) is 7.86. The predicted octanol–water partition coefficient (Wildman–Crippen LogP) is 3.67. The molecule has 0 aliphatic rings. The van der Waals surface area contributed by atoms with Crippen molar-refractivity contribution < 1.29 is 12.6 Å². The molecule has 0 fully saturated rings. The maximum atomic E-state index is 12.0. The van der Waals surface area contributed by atoms with E-state index in [0.29, 0.717) is 0 Å². The first kappa shape index (κ1) is 15.2. The Bertz CT molecular complexity index is 448. The molecule has 3 nitrogen and oxygen atoms in total. The van der Waals surface area contributed by atoms with Gasteiger partial charge in [-0.05, 0) is 32.4 Å². The standard InChI is InChI=1S/C14H22O3S/c1-4-5-6-7-13(3)17-18(15,16)14-10-8-12(2)9-11-14/h8-11,13H,4-7H2,1-3H3. The quantitative estimate of drug-likeness (QED) is 0.561. The highest BCUT2D eigenvalue weighted by Gasteiger charge is 2.18. The normalized spacial score (nSPS) is 13.5. The van der Waals surface area contributed by atoms with E-state index in [0.717, 1.165) is 31.2 Å². The van der Waals surface area contributed by atoms with Crippen molar-refractivity contribution in [3.63, 3.8) is 0 Å². The molecule has 1 atom stereocenters. The van der Waals surface area contributed by atoms with Gasteiger partial charge in [0.15, 0.2) is 0 Å². The molecular weight excluding hydrogens is 248 g/mol. The van der Waals surface area contributed by atoms with Crippen molar-refractivity contribution in [3.05, 3.63) is 29.8 Å². The minimum Gasteiger partial charge on any atom is -0.263 e. The zero-order valence-electron chi connectivity index (χ0n) is 11.3. The Kier molecular flexibility index (Phi) is 5.82. The van der Waals surface area contributed by atoms with E-state index in [9.17, 15) is 8.42 Å². The van der Waals surface area contributed by atoms with E-state index in [2.05, 4.69) is 6.92 Å². The molecule has 0 radical (unpaired) electrons. The summed E-state index contributed by atoms with van der Waals surface area (Å²) in [6.07, 6.45) is 3.75. The van der Waals surface area contributed by atoms with Crippen molar-refractivity contribution in [2.45, 2.75) is 57.5 Å². The fraction of sp³-hybridized carbons (Fsp3) is 0.571. The molecule has 0 N–H and O–H groups in total. The van der Waals surface area contributed by atoms with Crippen molar-refractivity contribution in [1.29, 1.82) is 0 Å². The zero-order chi connectivity index (χ0) is 13.6. The molecule has 0 aromatic heterocycles. The molecule has 1 unspecified atom stereocenters. The third-order valence-electron chi connectivity index (χ3n) is 2.81. The highest BCUT2D eigenvalue weighted by atomic mass is 32.2. The van der Waals surface area contributed by atoms with Crippen LogP contribution in [0.5, 0.6) is 0 Å². The number of hydrogen-bond acceptors (Lipinski definition) is 3. The van der Waals surface area contributed by atoms with Gasteiger partial charge in [0.1, 0.15) is 0 Å². The molecule has 102 valence electrons. The van der Waals surface area contributed by atoms with E-state index >= 15 is 0 Å². The van der Waals surface area contributed by atoms with Crippen molar-refractivity contribution in [1.82, 2.24) is 0 Å². The first-order chi connectivity index (χ1) is 8.45. The largest absolute Gasteiger partial charge is 0.297 e. The van der Waals surface area contributed by atoms with Crippen molar-refractivity contribution in [3.8, 4) is 0 Å². The van der Waals surface area contributed by atoms with Gasteiger partial charge in [0.25, 0.3) is 10.1 Å². The van der Waals surface area contributed by atoms with Crippen molar-refractivity contribution in [2.75, 3.05) is 0 Å². The molecule has 0 amide bonds. The summed E-state index contributed by atoms with van der Waals surface area (Å²) in [7, 11) is -3.61. The molecule has 0 aliphatic carbocycles. The monoisotopic (exact) mass is 270 g/mol. The molecular formula is C14H22O3S. The molecule has 0 saturated carbocycles. The fourth-order valence-electron chi connectivity index (χ4n) is 1.71. The van der Waals surface area contributed by atoms with Crippen LogP contribution >= 0.6 is 0 Å². The van der Waals surface area contributed by atoms with E-state index in [4.69, 9.17) is 4.18 Å². The van der Waals surface area contributed by atoms with Gasteiger partial charge in [0.05, 0.1) is 11.0 Å². The third kappa shape index (κ3) is 4.78. The number of hydrogen-bond donors (Lipinski definition) is 0. The van der Waals surface area contributed by atoms with E-state index in [1.807, 2.05) is 6.92 Å². The lowest BCUT2D eigenvalue weighted by Gasteiger charge is -2.12. The zero-order valence-corrected chi connectivity index (χ0v) is 12.2. The highest BCUT2D eigenvalue weighted by Crippen LogP contribution is 2.17. The van der Waals surface area contributed by atoms with E-state index in [1.54, 1.807) is 31.2 Å². The number of aryl methyl sites for hydroxylation is 1. The lowest BCUT2D eigenvalue weighted by Crippen LogP contribution is -2.15. The van der Waals surface area contributed by atoms with E-state index in [-0.39, 0.29) is 11.0 Å². The van der Waals surface area contributed by atoms with Crippen LogP contribution in [0.3, 0.4) is 0 Å². The smallest absolute Gasteiger partial charge is 0.263 e. The minimum absolute atomic E-state index is 0.232. The summed E-state index contributed by atoms with van der Waals surface area (Å²) < 4.78 is 29.1. The topological polar surface area (TPSA) is 43.4 Å². The summed E-state index contributed by atoms with van der Waals surface area (Å²) >= 11 is 0. The van der Waals surface area contributed by atoms with Gasteiger partial charge in [0.2, 0.25) is 0 Å². The van der Waals surface area contributed by atoms with Gasteiger partial charge in [-0.3, -0.25) is 4.18 Å². The van der Waals surface area contributed by atoms with Crippen molar-refractivity contribution in [2.24, 2.45) is 0 Å². The maximum Gasteiger partial charge on any atom is 0.297 e. The second kappa shape index (κ2) is 6.90. The van der Waals surface area contributed by atoms with Crippen LogP contribution in [0.4, 0.5) is 0 Å². The molecule has 1 aromatic rings. The fourth-order valence-corrected chi connectivity index (χ4v) is 2.82. The maximum absolute atomic E-state index is 12.0. The van der Waals surface area contributed by atoms with Crippen LogP contribution in [0.2, 0.25) is 0 Å². The average Bonchev–Trinajstić information content (AvgIpc) is 2.29. The SMILES string of the molecule is CCCCCC(C)OS(=O)(=O)c1ccc(C)cc1. The van der Waals surface area contributed by atoms with Crippen LogP contribution in [0.1, 0.15) is 45.1 Å². The average molecular weight is 270 g/mol. The molecule has 0 heterocycles. The number of benzene rings is 1. The number of rotatable bonds is 7. The Balaban J connectivity index is 2.61. The predicted molar refractivity (Wildman–Crippen MR) is 73.1 cm³/mol. The summed E-state index contributed by atoms with van der Waals surface area (Å²) in [5, 5.41) is 0. The van der Waals surface area contributed by atoms with Gasteiger partial charge in [0, 0.05) is 0 Å². The Labute approximate surface area is 110 Å². The van der Waals surface area contributed by atoms with Gasteiger partial charge in [-0.1, -0.05) is 43.9 Å². The van der Waals surface area contributed by atoms with Crippen LogP contribution in [-0.2, 0) is 14.3 Å². The van der Waals surface area contributed by atoms with Crippen LogP contribution in [0.25, 0.3) is 0 Å². The Morgan fingerprint density at radius 2 is 1.78 bits per heavy atom. The summed E-state index contributed by atoms with van der Waals surface area (Å²) in [6.45, 7) is 5.85. The Morgan fingerprint density at radius 3 is 2.33 bits per heavy atom. The molecule has 1 rings (SSSR count). The lowest BCUT2D eigenvalue weighted by atomic mass is 10.1. The second-order valence-electron chi connectivity index (χ2n) is 4.67.